The maximum Gasteiger partial charge on any atom is 0.325 e. The molecule has 0 fully saturated rings. The smallest absolute Gasteiger partial charge is 0.325 e. The molecule has 0 saturated carbocycles. The van der Waals surface area contributed by atoms with Gasteiger partial charge < -0.3 is 15.2 Å². The first-order valence-electron chi connectivity index (χ1n) is 4.96. The van der Waals surface area contributed by atoms with Gasteiger partial charge in [-0.2, -0.15) is 0 Å². The summed E-state index contributed by atoms with van der Waals surface area (Å²) in [4.78, 5) is 11.0. The lowest BCUT2D eigenvalue weighted by molar-refractivity contribution is -0.139. The van der Waals surface area contributed by atoms with Gasteiger partial charge in [0.25, 0.3) is 0 Å². The number of carbonyl (C=O) groups is 1. The Bertz CT molecular complexity index is 433. The molecule has 1 unspecified atom stereocenters. The van der Waals surface area contributed by atoms with Crippen LogP contribution in [0.1, 0.15) is 17.2 Å². The van der Waals surface area contributed by atoms with Gasteiger partial charge in [0.05, 0.1) is 7.11 Å². The second-order valence-corrected chi connectivity index (χ2v) is 3.66. The van der Waals surface area contributed by atoms with E-state index in [1.54, 1.807) is 0 Å². The van der Waals surface area contributed by atoms with Crippen LogP contribution in [-0.4, -0.2) is 24.7 Å². The number of hydrogen-bond acceptors (Lipinski definition) is 3. The van der Waals surface area contributed by atoms with Gasteiger partial charge in [0.1, 0.15) is 6.04 Å². The molecule has 5 heteroatoms. The topological polar surface area (TPSA) is 58.6 Å². The van der Waals surface area contributed by atoms with E-state index in [1.807, 2.05) is 0 Å². The normalized spacial score (nSPS) is 19.0. The molecule has 0 radical (unpaired) electrons. The fourth-order valence-corrected chi connectivity index (χ4v) is 1.93. The maximum atomic E-state index is 13.4. The molecule has 2 rings (SSSR count). The zero-order valence-corrected chi connectivity index (χ0v) is 8.79. The molecular formula is C11H12FNO3. The van der Waals surface area contributed by atoms with Gasteiger partial charge in [-0.25, -0.2) is 4.39 Å². The fraction of sp³-hybridized carbons (Fsp3) is 0.364. The van der Waals surface area contributed by atoms with Crippen molar-refractivity contribution in [3.05, 3.63) is 29.1 Å². The lowest BCUT2D eigenvalue weighted by atomic mass is 9.94. The SMILES string of the molecule is COc1cc2c(cc1F)CCNC2C(=O)O. The van der Waals surface area contributed by atoms with E-state index in [0.29, 0.717) is 18.5 Å². The molecular weight excluding hydrogens is 213 g/mol. The minimum atomic E-state index is -0.963. The Morgan fingerprint density at radius 1 is 1.62 bits per heavy atom. The highest BCUT2D eigenvalue weighted by molar-refractivity contribution is 5.76. The van der Waals surface area contributed by atoms with Gasteiger partial charge in [-0.15, -0.1) is 0 Å². The average Bonchev–Trinajstić information content (AvgIpc) is 2.26. The van der Waals surface area contributed by atoms with Crippen LogP contribution < -0.4 is 10.1 Å². The largest absolute Gasteiger partial charge is 0.494 e. The average molecular weight is 225 g/mol. The van der Waals surface area contributed by atoms with Crippen molar-refractivity contribution in [2.45, 2.75) is 12.5 Å². The predicted molar refractivity (Wildman–Crippen MR) is 55.0 cm³/mol. The highest BCUT2D eigenvalue weighted by Crippen LogP contribution is 2.29. The van der Waals surface area contributed by atoms with Crippen LogP contribution in [-0.2, 0) is 11.2 Å². The van der Waals surface area contributed by atoms with Crippen LogP contribution >= 0.6 is 0 Å². The first-order chi connectivity index (χ1) is 7.63. The Morgan fingerprint density at radius 2 is 2.38 bits per heavy atom. The molecule has 0 saturated heterocycles. The molecule has 4 nitrogen and oxygen atoms in total. The molecule has 0 bridgehead atoms. The Labute approximate surface area is 92.0 Å². The minimum Gasteiger partial charge on any atom is -0.494 e. The van der Waals surface area contributed by atoms with Crippen LogP contribution in [0.25, 0.3) is 0 Å². The standard InChI is InChI=1S/C11H12FNO3/c1-16-9-5-7-6(4-8(9)12)2-3-13-10(7)11(14)15/h4-5,10,13H,2-3H2,1H3,(H,14,15). The summed E-state index contributed by atoms with van der Waals surface area (Å²) in [5.74, 6) is -1.34. The molecule has 2 N–H and O–H groups in total. The van der Waals surface area contributed by atoms with Crippen LogP contribution in [0.15, 0.2) is 12.1 Å². The molecule has 0 aliphatic carbocycles. The highest BCUT2D eigenvalue weighted by Gasteiger charge is 2.27. The summed E-state index contributed by atoms with van der Waals surface area (Å²) < 4.78 is 18.3. The van der Waals surface area contributed by atoms with Crippen molar-refractivity contribution in [2.24, 2.45) is 0 Å². The van der Waals surface area contributed by atoms with Gasteiger partial charge in [0, 0.05) is 6.54 Å². The summed E-state index contributed by atoms with van der Waals surface area (Å²) in [5.41, 5.74) is 1.31. The molecule has 86 valence electrons. The molecule has 1 heterocycles. The Kier molecular flexibility index (Phi) is 2.78. The van der Waals surface area contributed by atoms with Crippen LogP contribution in [0.5, 0.6) is 5.75 Å². The number of halogens is 1. The quantitative estimate of drug-likeness (QED) is 0.791. The van der Waals surface area contributed by atoms with E-state index < -0.39 is 17.8 Å². The second-order valence-electron chi connectivity index (χ2n) is 3.66. The summed E-state index contributed by atoms with van der Waals surface area (Å²) in [6.45, 7) is 0.537. The summed E-state index contributed by atoms with van der Waals surface area (Å²) in [7, 11) is 1.36. The number of ether oxygens (including phenoxy) is 1. The number of methoxy groups -OCH3 is 1. The van der Waals surface area contributed by atoms with Crippen LogP contribution in [0.3, 0.4) is 0 Å². The third-order valence-corrected chi connectivity index (χ3v) is 2.71. The van der Waals surface area contributed by atoms with E-state index in [0.717, 1.165) is 5.56 Å². The molecule has 0 aromatic heterocycles. The van der Waals surface area contributed by atoms with E-state index in [4.69, 9.17) is 9.84 Å². The van der Waals surface area contributed by atoms with E-state index in [1.165, 1.54) is 19.2 Å². The number of aliphatic carboxylic acids is 1. The van der Waals surface area contributed by atoms with Crippen LogP contribution in [0.2, 0.25) is 0 Å². The zero-order valence-electron chi connectivity index (χ0n) is 8.79. The van der Waals surface area contributed by atoms with E-state index in [2.05, 4.69) is 5.32 Å². The molecule has 1 aromatic rings. The lowest BCUT2D eigenvalue weighted by Gasteiger charge is -2.24. The lowest BCUT2D eigenvalue weighted by Crippen LogP contribution is -2.35. The van der Waals surface area contributed by atoms with Crippen molar-refractivity contribution in [3.8, 4) is 5.75 Å². The first kappa shape index (κ1) is 10.9. The number of hydrogen-bond donors (Lipinski definition) is 2. The number of nitrogens with one attached hydrogen (secondary N) is 1. The molecule has 1 aromatic carbocycles. The van der Waals surface area contributed by atoms with Gasteiger partial charge in [-0.05, 0) is 29.7 Å². The van der Waals surface area contributed by atoms with Crippen molar-refractivity contribution in [2.75, 3.05) is 13.7 Å². The summed E-state index contributed by atoms with van der Waals surface area (Å²) >= 11 is 0. The molecule has 1 aliphatic rings. The van der Waals surface area contributed by atoms with E-state index in [-0.39, 0.29) is 5.75 Å². The number of fused-ring (bicyclic) bond motifs is 1. The summed E-state index contributed by atoms with van der Waals surface area (Å²) in [6, 6.07) is 2.03. The summed E-state index contributed by atoms with van der Waals surface area (Å²) in [5, 5.41) is 11.9. The van der Waals surface area contributed by atoms with Crippen LogP contribution in [0, 0.1) is 5.82 Å². The van der Waals surface area contributed by atoms with Crippen molar-refractivity contribution < 1.29 is 19.0 Å². The number of rotatable bonds is 2. The van der Waals surface area contributed by atoms with Gasteiger partial charge in [-0.1, -0.05) is 0 Å². The fourth-order valence-electron chi connectivity index (χ4n) is 1.93. The third-order valence-electron chi connectivity index (χ3n) is 2.71. The third kappa shape index (κ3) is 1.74. The molecule has 0 amide bonds. The molecule has 16 heavy (non-hydrogen) atoms. The van der Waals surface area contributed by atoms with Gasteiger partial charge in [-0.3, -0.25) is 4.79 Å². The van der Waals surface area contributed by atoms with Gasteiger partial charge in [0.15, 0.2) is 11.6 Å². The predicted octanol–water partition coefficient (Wildman–Crippen LogP) is 1.11. The van der Waals surface area contributed by atoms with Crippen molar-refractivity contribution >= 4 is 5.97 Å². The van der Waals surface area contributed by atoms with E-state index in [9.17, 15) is 9.18 Å². The van der Waals surface area contributed by atoms with Crippen molar-refractivity contribution in [3.63, 3.8) is 0 Å². The van der Waals surface area contributed by atoms with Crippen molar-refractivity contribution in [1.82, 2.24) is 5.32 Å². The van der Waals surface area contributed by atoms with Gasteiger partial charge in [0.2, 0.25) is 0 Å². The minimum absolute atomic E-state index is 0.0775. The number of carboxylic acid groups (broad SMARTS) is 1. The van der Waals surface area contributed by atoms with Crippen LogP contribution in [0.4, 0.5) is 4.39 Å². The number of carboxylic acids is 1. The second kappa shape index (κ2) is 4.09. The Hall–Kier alpha value is -1.62. The van der Waals surface area contributed by atoms with Gasteiger partial charge >= 0.3 is 5.97 Å². The van der Waals surface area contributed by atoms with E-state index >= 15 is 0 Å². The monoisotopic (exact) mass is 225 g/mol. The first-order valence-corrected chi connectivity index (χ1v) is 4.96. The highest BCUT2D eigenvalue weighted by atomic mass is 19.1. The molecule has 1 atom stereocenters. The Balaban J connectivity index is 2.50. The zero-order chi connectivity index (χ0) is 11.7. The number of benzene rings is 1. The maximum absolute atomic E-state index is 13.4. The van der Waals surface area contributed by atoms with Crippen molar-refractivity contribution in [1.29, 1.82) is 0 Å². The summed E-state index contributed by atoms with van der Waals surface area (Å²) in [6.07, 6.45) is 0.625. The Morgan fingerprint density at radius 3 is 3.00 bits per heavy atom. The molecule has 1 aliphatic heterocycles. The molecule has 0 spiro atoms.